The molecule has 0 aromatic carbocycles. The number of likely N-dealkylation sites (N-methyl/N-ethyl adjacent to an activating group) is 1. The van der Waals surface area contributed by atoms with E-state index in [1.54, 1.807) is 0 Å². The molecule has 1 aliphatic carbocycles. The Bertz CT molecular complexity index is 311. The van der Waals surface area contributed by atoms with Gasteiger partial charge in [0.2, 0.25) is 0 Å². The molecule has 1 saturated heterocycles. The number of nitrogens with zero attached hydrogens (tertiary/aromatic N) is 2. The molecule has 0 aromatic heterocycles. The maximum absolute atomic E-state index is 2.63. The first-order valence-corrected chi connectivity index (χ1v) is 8.47. The summed E-state index contributed by atoms with van der Waals surface area (Å²) in [7, 11) is 2.34. The standard InChI is InChI=1S/C18H36N2/c1-17(2,3)13-20-11-16(12-20)19(7)10-14-8-15(9-14)18(4,5)6/h14-16H,8-13H2,1-7H3. The summed E-state index contributed by atoms with van der Waals surface area (Å²) < 4.78 is 0. The number of rotatable bonds is 4. The maximum Gasteiger partial charge on any atom is 0.0347 e. The van der Waals surface area contributed by atoms with Crippen molar-refractivity contribution in [2.24, 2.45) is 22.7 Å². The van der Waals surface area contributed by atoms with Gasteiger partial charge in [0.15, 0.2) is 0 Å². The average molecular weight is 280 g/mol. The summed E-state index contributed by atoms with van der Waals surface area (Å²) in [5, 5.41) is 0. The molecule has 2 aliphatic rings. The number of hydrogen-bond acceptors (Lipinski definition) is 2. The van der Waals surface area contributed by atoms with Gasteiger partial charge in [-0.2, -0.15) is 0 Å². The van der Waals surface area contributed by atoms with Crippen molar-refractivity contribution in [2.75, 3.05) is 33.2 Å². The van der Waals surface area contributed by atoms with Gasteiger partial charge in [0.05, 0.1) is 0 Å². The Labute approximate surface area is 126 Å². The molecule has 2 heteroatoms. The monoisotopic (exact) mass is 280 g/mol. The van der Waals surface area contributed by atoms with Gasteiger partial charge in [0.25, 0.3) is 0 Å². The minimum atomic E-state index is 0.442. The molecule has 1 aliphatic heterocycles. The normalized spacial score (nSPS) is 29.4. The summed E-state index contributed by atoms with van der Waals surface area (Å²) in [6, 6.07) is 0.811. The third-order valence-corrected chi connectivity index (χ3v) is 5.27. The first-order chi connectivity index (χ1) is 9.04. The molecule has 0 N–H and O–H groups in total. The fourth-order valence-electron chi connectivity index (χ4n) is 3.77. The predicted octanol–water partition coefficient (Wildman–Crippen LogP) is 3.72. The third-order valence-electron chi connectivity index (χ3n) is 5.27. The number of hydrogen-bond donors (Lipinski definition) is 0. The van der Waals surface area contributed by atoms with Crippen LogP contribution in [0.25, 0.3) is 0 Å². The Kier molecular flexibility index (Phi) is 4.57. The van der Waals surface area contributed by atoms with Crippen LogP contribution >= 0.6 is 0 Å². The molecule has 0 spiro atoms. The average Bonchev–Trinajstić information content (AvgIpc) is 2.12. The van der Waals surface area contributed by atoms with Crippen molar-refractivity contribution in [3.63, 3.8) is 0 Å². The molecule has 0 unspecified atom stereocenters. The highest BCUT2D eigenvalue weighted by Gasteiger charge is 2.39. The van der Waals surface area contributed by atoms with Crippen LogP contribution in [0.15, 0.2) is 0 Å². The van der Waals surface area contributed by atoms with Crippen molar-refractivity contribution in [2.45, 2.75) is 60.4 Å². The Hall–Kier alpha value is -0.0800. The van der Waals surface area contributed by atoms with Crippen LogP contribution in [0.1, 0.15) is 54.4 Å². The van der Waals surface area contributed by atoms with E-state index in [-0.39, 0.29) is 0 Å². The fraction of sp³-hybridized carbons (Fsp3) is 1.00. The molecule has 0 bridgehead atoms. The van der Waals surface area contributed by atoms with Crippen molar-refractivity contribution in [1.29, 1.82) is 0 Å². The van der Waals surface area contributed by atoms with E-state index in [4.69, 9.17) is 0 Å². The molecule has 1 heterocycles. The van der Waals surface area contributed by atoms with E-state index in [1.807, 2.05) is 0 Å². The third kappa shape index (κ3) is 4.21. The highest BCUT2D eigenvalue weighted by Crippen LogP contribution is 2.45. The molecule has 2 nitrogen and oxygen atoms in total. The summed E-state index contributed by atoms with van der Waals surface area (Å²) in [4.78, 5) is 5.24. The van der Waals surface area contributed by atoms with E-state index in [9.17, 15) is 0 Å². The van der Waals surface area contributed by atoms with E-state index < -0.39 is 0 Å². The summed E-state index contributed by atoms with van der Waals surface area (Å²) >= 11 is 0. The SMILES string of the molecule is CN(CC1CC(C(C)(C)C)C1)C1CN(CC(C)(C)C)C1. The molecule has 2 rings (SSSR count). The molecular formula is C18H36N2. The summed E-state index contributed by atoms with van der Waals surface area (Å²) in [5.74, 6) is 1.92. The zero-order chi connectivity index (χ0) is 15.1. The van der Waals surface area contributed by atoms with Gasteiger partial charge in [-0.05, 0) is 42.6 Å². The van der Waals surface area contributed by atoms with Gasteiger partial charge in [-0.1, -0.05) is 41.5 Å². The molecule has 0 amide bonds. The molecule has 2 fully saturated rings. The van der Waals surface area contributed by atoms with Crippen LogP contribution in [-0.2, 0) is 0 Å². The molecule has 118 valence electrons. The lowest BCUT2D eigenvalue weighted by molar-refractivity contribution is -0.00500. The Morgan fingerprint density at radius 2 is 1.55 bits per heavy atom. The second kappa shape index (κ2) is 5.61. The van der Waals surface area contributed by atoms with Crippen LogP contribution in [0, 0.1) is 22.7 Å². The minimum absolute atomic E-state index is 0.442. The summed E-state index contributed by atoms with van der Waals surface area (Å²) in [6.07, 6.45) is 2.90. The van der Waals surface area contributed by atoms with Gasteiger partial charge < -0.3 is 4.90 Å². The predicted molar refractivity (Wildman–Crippen MR) is 88.0 cm³/mol. The fourth-order valence-corrected chi connectivity index (χ4v) is 3.77. The first kappa shape index (κ1) is 16.3. The van der Waals surface area contributed by atoms with E-state index in [0.717, 1.165) is 17.9 Å². The van der Waals surface area contributed by atoms with Crippen molar-refractivity contribution >= 4 is 0 Å². The van der Waals surface area contributed by atoms with Crippen LogP contribution in [0.3, 0.4) is 0 Å². The Balaban J connectivity index is 1.63. The van der Waals surface area contributed by atoms with E-state index in [0.29, 0.717) is 10.8 Å². The van der Waals surface area contributed by atoms with Gasteiger partial charge in [0, 0.05) is 32.2 Å². The van der Waals surface area contributed by atoms with Crippen LogP contribution in [0.5, 0.6) is 0 Å². The van der Waals surface area contributed by atoms with Crippen LogP contribution in [-0.4, -0.2) is 49.1 Å². The van der Waals surface area contributed by atoms with Crippen molar-refractivity contribution < 1.29 is 0 Å². The zero-order valence-electron chi connectivity index (χ0n) is 14.9. The molecular weight excluding hydrogens is 244 g/mol. The summed E-state index contributed by atoms with van der Waals surface area (Å²) in [5.41, 5.74) is 0.965. The van der Waals surface area contributed by atoms with Crippen LogP contribution in [0.4, 0.5) is 0 Å². The molecule has 20 heavy (non-hydrogen) atoms. The largest absolute Gasteiger partial charge is 0.301 e. The lowest BCUT2D eigenvalue weighted by atomic mass is 9.63. The maximum atomic E-state index is 2.63. The number of likely N-dealkylation sites (tertiary alicyclic amines) is 1. The van der Waals surface area contributed by atoms with E-state index in [2.05, 4.69) is 58.4 Å². The lowest BCUT2D eigenvalue weighted by Crippen LogP contribution is -2.60. The Morgan fingerprint density at radius 3 is 2.00 bits per heavy atom. The van der Waals surface area contributed by atoms with Gasteiger partial charge in [0.1, 0.15) is 0 Å². The van der Waals surface area contributed by atoms with Crippen molar-refractivity contribution in [3.05, 3.63) is 0 Å². The second-order valence-electron chi connectivity index (χ2n) is 9.75. The molecule has 0 atom stereocenters. The smallest absolute Gasteiger partial charge is 0.0347 e. The highest BCUT2D eigenvalue weighted by atomic mass is 15.3. The molecule has 1 saturated carbocycles. The Morgan fingerprint density at radius 1 is 1.00 bits per heavy atom. The molecule has 0 aromatic rings. The van der Waals surface area contributed by atoms with Gasteiger partial charge in [-0.25, -0.2) is 0 Å². The van der Waals surface area contributed by atoms with Gasteiger partial charge in [-0.15, -0.1) is 0 Å². The summed E-state index contributed by atoms with van der Waals surface area (Å²) in [6.45, 7) is 19.3. The minimum Gasteiger partial charge on any atom is -0.301 e. The van der Waals surface area contributed by atoms with E-state index in [1.165, 1.54) is 39.0 Å². The second-order valence-corrected chi connectivity index (χ2v) is 9.75. The van der Waals surface area contributed by atoms with Crippen LogP contribution < -0.4 is 0 Å². The molecule has 0 radical (unpaired) electrons. The zero-order valence-corrected chi connectivity index (χ0v) is 14.9. The quantitative estimate of drug-likeness (QED) is 0.774. The van der Waals surface area contributed by atoms with Gasteiger partial charge in [-0.3, -0.25) is 4.90 Å². The topological polar surface area (TPSA) is 6.48 Å². The van der Waals surface area contributed by atoms with Crippen molar-refractivity contribution in [1.82, 2.24) is 9.80 Å². The van der Waals surface area contributed by atoms with E-state index >= 15 is 0 Å². The highest BCUT2D eigenvalue weighted by molar-refractivity contribution is 4.92. The van der Waals surface area contributed by atoms with Crippen LogP contribution in [0.2, 0.25) is 0 Å². The van der Waals surface area contributed by atoms with Crippen molar-refractivity contribution in [3.8, 4) is 0 Å². The lowest BCUT2D eigenvalue weighted by Gasteiger charge is -2.50. The first-order valence-electron chi connectivity index (χ1n) is 8.47. The van der Waals surface area contributed by atoms with Gasteiger partial charge >= 0.3 is 0 Å².